The Bertz CT molecular complexity index is 398. The second kappa shape index (κ2) is 5.20. The van der Waals surface area contributed by atoms with Crippen LogP contribution in [0.3, 0.4) is 0 Å². The SMILES string of the molecule is CCCn1cc(N)cc1C(=O)OCC(N)=O. The minimum atomic E-state index is -0.685. The van der Waals surface area contributed by atoms with Gasteiger partial charge in [-0.2, -0.15) is 0 Å². The van der Waals surface area contributed by atoms with Gasteiger partial charge in [-0.1, -0.05) is 6.92 Å². The summed E-state index contributed by atoms with van der Waals surface area (Å²) in [4.78, 5) is 22.0. The fourth-order valence-corrected chi connectivity index (χ4v) is 1.34. The van der Waals surface area contributed by atoms with Gasteiger partial charge in [0, 0.05) is 12.7 Å². The predicted molar refractivity (Wildman–Crippen MR) is 58.6 cm³/mol. The van der Waals surface area contributed by atoms with Crippen molar-refractivity contribution in [1.82, 2.24) is 4.57 Å². The molecule has 1 amide bonds. The summed E-state index contributed by atoms with van der Waals surface area (Å²) in [7, 11) is 0. The topological polar surface area (TPSA) is 100 Å². The molecule has 0 bridgehead atoms. The largest absolute Gasteiger partial charge is 0.451 e. The van der Waals surface area contributed by atoms with E-state index in [4.69, 9.17) is 16.2 Å². The first kappa shape index (κ1) is 12.1. The van der Waals surface area contributed by atoms with Gasteiger partial charge in [-0.3, -0.25) is 4.79 Å². The number of amides is 1. The lowest BCUT2D eigenvalue weighted by Gasteiger charge is -2.06. The highest BCUT2D eigenvalue weighted by atomic mass is 16.5. The number of nitrogens with zero attached hydrogens (tertiary/aromatic N) is 1. The molecule has 0 fully saturated rings. The quantitative estimate of drug-likeness (QED) is 0.695. The van der Waals surface area contributed by atoms with E-state index in [1.165, 1.54) is 6.07 Å². The molecule has 0 aliphatic carbocycles. The van der Waals surface area contributed by atoms with Crippen molar-refractivity contribution >= 4 is 17.6 Å². The molecule has 0 saturated heterocycles. The molecule has 1 aromatic heterocycles. The number of esters is 1. The molecule has 0 aliphatic rings. The number of carbonyl (C=O) groups excluding carboxylic acids is 2. The summed E-state index contributed by atoms with van der Waals surface area (Å²) in [6, 6.07) is 1.51. The summed E-state index contributed by atoms with van der Waals surface area (Å²) in [5.74, 6) is -1.28. The number of carbonyl (C=O) groups is 2. The first-order valence-electron chi connectivity index (χ1n) is 4.95. The zero-order valence-electron chi connectivity index (χ0n) is 9.10. The molecule has 0 atom stereocenters. The molecule has 1 heterocycles. The van der Waals surface area contributed by atoms with Crippen LogP contribution in [0.25, 0.3) is 0 Å². The first-order chi connectivity index (χ1) is 7.54. The fourth-order valence-electron chi connectivity index (χ4n) is 1.34. The first-order valence-corrected chi connectivity index (χ1v) is 4.95. The number of ether oxygens (including phenoxy) is 1. The van der Waals surface area contributed by atoms with E-state index < -0.39 is 18.5 Å². The zero-order valence-corrected chi connectivity index (χ0v) is 9.10. The molecule has 0 unspecified atom stereocenters. The number of hydrogen-bond donors (Lipinski definition) is 2. The Labute approximate surface area is 93.2 Å². The predicted octanol–water partition coefficient (Wildman–Crippen LogP) is 0.122. The lowest BCUT2D eigenvalue weighted by Crippen LogP contribution is -2.22. The molecule has 16 heavy (non-hydrogen) atoms. The standard InChI is InChI=1S/C10H15N3O3/c1-2-3-13-5-7(11)4-8(13)10(15)16-6-9(12)14/h4-5H,2-3,6,11H2,1H3,(H2,12,14). The second-order valence-electron chi connectivity index (χ2n) is 3.39. The second-order valence-corrected chi connectivity index (χ2v) is 3.39. The van der Waals surface area contributed by atoms with Crippen molar-refractivity contribution in [2.75, 3.05) is 12.3 Å². The zero-order chi connectivity index (χ0) is 12.1. The molecule has 6 heteroatoms. The summed E-state index contributed by atoms with van der Waals surface area (Å²) in [6.07, 6.45) is 2.52. The minimum Gasteiger partial charge on any atom is -0.451 e. The van der Waals surface area contributed by atoms with Crippen LogP contribution in [0.4, 0.5) is 5.69 Å². The van der Waals surface area contributed by atoms with Crippen molar-refractivity contribution in [2.24, 2.45) is 5.73 Å². The summed E-state index contributed by atoms with van der Waals surface area (Å²) >= 11 is 0. The van der Waals surface area contributed by atoms with Gasteiger partial charge >= 0.3 is 5.97 Å². The molecule has 0 radical (unpaired) electrons. The summed E-state index contributed by atoms with van der Waals surface area (Å²) in [5, 5.41) is 0. The van der Waals surface area contributed by atoms with Gasteiger partial charge in [0.1, 0.15) is 5.69 Å². The molecule has 4 N–H and O–H groups in total. The molecule has 88 valence electrons. The maximum Gasteiger partial charge on any atom is 0.355 e. The number of nitrogen functional groups attached to an aromatic ring is 1. The van der Waals surface area contributed by atoms with E-state index in [0.717, 1.165) is 6.42 Å². The molecular weight excluding hydrogens is 210 g/mol. The number of rotatable bonds is 5. The van der Waals surface area contributed by atoms with E-state index in [9.17, 15) is 9.59 Å². The molecule has 6 nitrogen and oxygen atoms in total. The number of nitrogens with two attached hydrogens (primary N) is 2. The van der Waals surface area contributed by atoms with E-state index in [1.54, 1.807) is 10.8 Å². The highest BCUT2D eigenvalue weighted by Gasteiger charge is 2.14. The Morgan fingerprint density at radius 3 is 2.75 bits per heavy atom. The Balaban J connectivity index is 2.77. The molecule has 0 aromatic carbocycles. The maximum absolute atomic E-state index is 11.6. The Morgan fingerprint density at radius 2 is 2.19 bits per heavy atom. The van der Waals surface area contributed by atoms with Gasteiger partial charge < -0.3 is 20.8 Å². The van der Waals surface area contributed by atoms with E-state index >= 15 is 0 Å². The van der Waals surface area contributed by atoms with Crippen molar-refractivity contribution in [3.8, 4) is 0 Å². The van der Waals surface area contributed by atoms with Crippen molar-refractivity contribution in [3.63, 3.8) is 0 Å². The third-order valence-electron chi connectivity index (χ3n) is 1.94. The van der Waals surface area contributed by atoms with E-state index in [1.807, 2.05) is 6.92 Å². The minimum absolute atomic E-state index is 0.334. The Morgan fingerprint density at radius 1 is 1.50 bits per heavy atom. The monoisotopic (exact) mass is 225 g/mol. The average molecular weight is 225 g/mol. The number of anilines is 1. The molecule has 1 rings (SSSR count). The lowest BCUT2D eigenvalue weighted by atomic mass is 10.4. The molecule has 1 aromatic rings. The van der Waals surface area contributed by atoms with Gasteiger partial charge in [-0.15, -0.1) is 0 Å². The normalized spacial score (nSPS) is 10.1. The van der Waals surface area contributed by atoms with Crippen LogP contribution in [-0.4, -0.2) is 23.1 Å². The fraction of sp³-hybridized carbons (Fsp3) is 0.400. The van der Waals surface area contributed by atoms with Crippen LogP contribution >= 0.6 is 0 Å². The highest BCUT2D eigenvalue weighted by molar-refractivity contribution is 5.90. The van der Waals surface area contributed by atoms with Crippen molar-refractivity contribution < 1.29 is 14.3 Å². The summed E-state index contributed by atoms with van der Waals surface area (Å²) < 4.78 is 6.39. The number of primary amides is 1. The van der Waals surface area contributed by atoms with Crippen LogP contribution in [0.15, 0.2) is 12.3 Å². The van der Waals surface area contributed by atoms with Gasteiger partial charge in [0.15, 0.2) is 6.61 Å². The van der Waals surface area contributed by atoms with Gasteiger partial charge in [-0.05, 0) is 12.5 Å². The van der Waals surface area contributed by atoms with E-state index in [-0.39, 0.29) is 0 Å². The Kier molecular flexibility index (Phi) is 3.93. The van der Waals surface area contributed by atoms with E-state index in [2.05, 4.69) is 0 Å². The average Bonchev–Trinajstić information content (AvgIpc) is 2.56. The number of aryl methyl sites for hydroxylation is 1. The van der Waals surface area contributed by atoms with Crippen LogP contribution in [-0.2, 0) is 16.1 Å². The highest BCUT2D eigenvalue weighted by Crippen LogP contribution is 2.12. The van der Waals surface area contributed by atoms with Crippen LogP contribution in [0.1, 0.15) is 23.8 Å². The number of aromatic nitrogens is 1. The van der Waals surface area contributed by atoms with Crippen LogP contribution in [0.2, 0.25) is 0 Å². The van der Waals surface area contributed by atoms with Crippen molar-refractivity contribution in [3.05, 3.63) is 18.0 Å². The molecule has 0 aliphatic heterocycles. The molecular formula is C10H15N3O3. The smallest absolute Gasteiger partial charge is 0.355 e. The van der Waals surface area contributed by atoms with Crippen molar-refractivity contribution in [2.45, 2.75) is 19.9 Å². The summed E-state index contributed by atoms with van der Waals surface area (Å²) in [5.41, 5.74) is 11.3. The van der Waals surface area contributed by atoms with E-state index in [0.29, 0.717) is 17.9 Å². The third kappa shape index (κ3) is 3.01. The van der Waals surface area contributed by atoms with Crippen LogP contribution in [0.5, 0.6) is 0 Å². The van der Waals surface area contributed by atoms with Gasteiger partial charge in [0.2, 0.25) is 0 Å². The van der Waals surface area contributed by atoms with Crippen LogP contribution < -0.4 is 11.5 Å². The number of hydrogen-bond acceptors (Lipinski definition) is 4. The Hall–Kier alpha value is -1.98. The van der Waals surface area contributed by atoms with Crippen molar-refractivity contribution in [1.29, 1.82) is 0 Å². The third-order valence-corrected chi connectivity index (χ3v) is 1.94. The van der Waals surface area contributed by atoms with Gasteiger partial charge in [0.25, 0.3) is 5.91 Å². The van der Waals surface area contributed by atoms with Gasteiger partial charge in [-0.25, -0.2) is 4.79 Å². The van der Waals surface area contributed by atoms with Gasteiger partial charge in [0.05, 0.1) is 5.69 Å². The molecule has 0 spiro atoms. The van der Waals surface area contributed by atoms with Crippen LogP contribution in [0, 0.1) is 0 Å². The lowest BCUT2D eigenvalue weighted by molar-refractivity contribution is -0.121. The maximum atomic E-state index is 11.6. The summed E-state index contributed by atoms with van der Waals surface area (Å²) in [6.45, 7) is 2.23. The molecule has 0 saturated carbocycles.